The Labute approximate surface area is 127 Å². The van der Waals surface area contributed by atoms with E-state index in [-0.39, 0.29) is 11.9 Å². The average molecular weight is 290 g/mol. The third-order valence-corrected chi connectivity index (χ3v) is 3.81. The molecule has 0 aromatic heterocycles. The van der Waals surface area contributed by atoms with Crippen LogP contribution in [-0.4, -0.2) is 31.7 Å². The standard InChI is InChI=1S/C17H26N2O2/c1-2-3-4-14-5-7-15(8-6-14)18-13-17(20)19-16-9-11-21-12-10-16/h5-8,16,18H,2-4,9-13H2,1H3,(H,19,20). The lowest BCUT2D eigenvalue weighted by Gasteiger charge is -2.23. The van der Waals surface area contributed by atoms with E-state index >= 15 is 0 Å². The Kier molecular flexibility index (Phi) is 6.54. The Morgan fingerprint density at radius 1 is 1.24 bits per heavy atom. The van der Waals surface area contributed by atoms with Crippen molar-refractivity contribution < 1.29 is 9.53 Å². The third-order valence-electron chi connectivity index (χ3n) is 3.81. The van der Waals surface area contributed by atoms with Gasteiger partial charge in [0, 0.05) is 24.9 Å². The second kappa shape index (κ2) is 8.67. The Balaban J connectivity index is 1.70. The number of nitrogens with one attached hydrogen (secondary N) is 2. The second-order valence-electron chi connectivity index (χ2n) is 5.61. The van der Waals surface area contributed by atoms with Crippen molar-refractivity contribution >= 4 is 11.6 Å². The normalized spacial score (nSPS) is 15.7. The fourth-order valence-electron chi connectivity index (χ4n) is 2.47. The number of hydrogen-bond acceptors (Lipinski definition) is 3. The van der Waals surface area contributed by atoms with E-state index in [0.29, 0.717) is 6.54 Å². The summed E-state index contributed by atoms with van der Waals surface area (Å²) in [6, 6.07) is 8.63. The van der Waals surface area contributed by atoms with Gasteiger partial charge in [0.2, 0.25) is 5.91 Å². The lowest BCUT2D eigenvalue weighted by Crippen LogP contribution is -2.41. The molecule has 1 heterocycles. The number of amides is 1. The number of benzene rings is 1. The molecule has 4 nitrogen and oxygen atoms in total. The summed E-state index contributed by atoms with van der Waals surface area (Å²) in [4.78, 5) is 11.9. The highest BCUT2D eigenvalue weighted by molar-refractivity contribution is 5.80. The van der Waals surface area contributed by atoms with Gasteiger partial charge in [0.1, 0.15) is 0 Å². The average Bonchev–Trinajstić information content (AvgIpc) is 2.53. The number of ether oxygens (including phenoxy) is 1. The molecule has 2 N–H and O–H groups in total. The van der Waals surface area contributed by atoms with Crippen molar-refractivity contribution in [2.24, 2.45) is 0 Å². The molecule has 2 rings (SSSR count). The van der Waals surface area contributed by atoms with E-state index < -0.39 is 0 Å². The summed E-state index contributed by atoms with van der Waals surface area (Å²) >= 11 is 0. The maximum atomic E-state index is 11.9. The maximum Gasteiger partial charge on any atom is 0.239 e. The molecule has 1 aromatic rings. The van der Waals surface area contributed by atoms with Gasteiger partial charge in [-0.1, -0.05) is 25.5 Å². The van der Waals surface area contributed by atoms with E-state index in [1.165, 1.54) is 18.4 Å². The molecular weight excluding hydrogens is 264 g/mol. The van der Waals surface area contributed by atoms with Crippen molar-refractivity contribution in [2.75, 3.05) is 25.1 Å². The van der Waals surface area contributed by atoms with Crippen LogP contribution in [-0.2, 0) is 16.0 Å². The monoisotopic (exact) mass is 290 g/mol. The molecule has 1 fully saturated rings. The van der Waals surface area contributed by atoms with Crippen molar-refractivity contribution in [3.05, 3.63) is 29.8 Å². The highest BCUT2D eigenvalue weighted by Gasteiger charge is 2.15. The zero-order valence-corrected chi connectivity index (χ0v) is 12.9. The third kappa shape index (κ3) is 5.76. The van der Waals surface area contributed by atoms with Crippen LogP contribution < -0.4 is 10.6 Å². The molecule has 1 amide bonds. The van der Waals surface area contributed by atoms with E-state index in [0.717, 1.165) is 38.2 Å². The summed E-state index contributed by atoms with van der Waals surface area (Å²) in [7, 11) is 0. The second-order valence-corrected chi connectivity index (χ2v) is 5.61. The summed E-state index contributed by atoms with van der Waals surface area (Å²) < 4.78 is 5.28. The first-order valence-corrected chi connectivity index (χ1v) is 7.98. The summed E-state index contributed by atoms with van der Waals surface area (Å²) in [6.45, 7) is 4.02. The van der Waals surface area contributed by atoms with E-state index in [9.17, 15) is 4.79 Å². The highest BCUT2D eigenvalue weighted by Crippen LogP contribution is 2.11. The van der Waals surface area contributed by atoms with E-state index in [1.54, 1.807) is 0 Å². The number of unbranched alkanes of at least 4 members (excludes halogenated alkanes) is 1. The molecular formula is C17H26N2O2. The highest BCUT2D eigenvalue weighted by atomic mass is 16.5. The quantitative estimate of drug-likeness (QED) is 0.812. The molecule has 0 bridgehead atoms. The molecule has 0 spiro atoms. The number of rotatable bonds is 7. The zero-order chi connectivity index (χ0) is 14.9. The minimum atomic E-state index is 0.0527. The molecule has 1 saturated heterocycles. The van der Waals surface area contributed by atoms with E-state index in [1.807, 2.05) is 12.1 Å². The molecule has 0 unspecified atom stereocenters. The zero-order valence-electron chi connectivity index (χ0n) is 12.9. The molecule has 116 valence electrons. The lowest BCUT2D eigenvalue weighted by molar-refractivity contribution is -0.120. The maximum absolute atomic E-state index is 11.9. The van der Waals surface area contributed by atoms with Crippen molar-refractivity contribution in [2.45, 2.75) is 45.1 Å². The van der Waals surface area contributed by atoms with Crippen molar-refractivity contribution in [1.29, 1.82) is 0 Å². The van der Waals surface area contributed by atoms with Gasteiger partial charge in [-0.3, -0.25) is 4.79 Å². The Morgan fingerprint density at radius 2 is 1.95 bits per heavy atom. The van der Waals surface area contributed by atoms with Gasteiger partial charge in [0.15, 0.2) is 0 Å². The number of carbonyl (C=O) groups excluding carboxylic acids is 1. The van der Waals surface area contributed by atoms with Gasteiger partial charge in [-0.05, 0) is 43.4 Å². The van der Waals surface area contributed by atoms with Gasteiger partial charge in [-0.25, -0.2) is 0 Å². The van der Waals surface area contributed by atoms with Crippen LogP contribution in [0.3, 0.4) is 0 Å². The van der Waals surface area contributed by atoms with Crippen molar-refractivity contribution in [3.63, 3.8) is 0 Å². The molecule has 0 radical (unpaired) electrons. The topological polar surface area (TPSA) is 50.4 Å². The number of carbonyl (C=O) groups is 1. The fourth-order valence-corrected chi connectivity index (χ4v) is 2.47. The SMILES string of the molecule is CCCCc1ccc(NCC(=O)NC2CCOCC2)cc1. The Hall–Kier alpha value is -1.55. The summed E-state index contributed by atoms with van der Waals surface area (Å²) in [5, 5.41) is 6.22. The van der Waals surface area contributed by atoms with Gasteiger partial charge < -0.3 is 15.4 Å². The number of anilines is 1. The molecule has 0 aliphatic carbocycles. The predicted octanol–water partition coefficient (Wildman–Crippen LogP) is 2.74. The number of aryl methyl sites for hydroxylation is 1. The number of hydrogen-bond donors (Lipinski definition) is 2. The first-order valence-electron chi connectivity index (χ1n) is 7.98. The van der Waals surface area contributed by atoms with Crippen LogP contribution in [0.15, 0.2) is 24.3 Å². The Bertz CT molecular complexity index is 425. The molecule has 21 heavy (non-hydrogen) atoms. The van der Waals surface area contributed by atoms with Crippen LogP contribution in [0.4, 0.5) is 5.69 Å². The molecule has 4 heteroatoms. The largest absolute Gasteiger partial charge is 0.381 e. The summed E-state index contributed by atoms with van der Waals surface area (Å²) in [6.07, 6.45) is 5.39. The molecule has 1 aliphatic heterocycles. The molecule has 1 aliphatic rings. The van der Waals surface area contributed by atoms with Crippen LogP contribution >= 0.6 is 0 Å². The smallest absolute Gasteiger partial charge is 0.239 e. The first-order chi connectivity index (χ1) is 10.3. The minimum absolute atomic E-state index is 0.0527. The van der Waals surface area contributed by atoms with Gasteiger partial charge in [-0.2, -0.15) is 0 Å². The van der Waals surface area contributed by atoms with Crippen LogP contribution in [0.2, 0.25) is 0 Å². The first kappa shape index (κ1) is 15.8. The Morgan fingerprint density at radius 3 is 2.62 bits per heavy atom. The van der Waals surface area contributed by atoms with Crippen molar-refractivity contribution in [3.8, 4) is 0 Å². The van der Waals surface area contributed by atoms with Crippen LogP contribution in [0.1, 0.15) is 38.2 Å². The van der Waals surface area contributed by atoms with Crippen LogP contribution in [0, 0.1) is 0 Å². The van der Waals surface area contributed by atoms with Gasteiger partial charge in [-0.15, -0.1) is 0 Å². The van der Waals surface area contributed by atoms with Gasteiger partial charge in [0.05, 0.1) is 6.54 Å². The minimum Gasteiger partial charge on any atom is -0.381 e. The van der Waals surface area contributed by atoms with Crippen LogP contribution in [0.5, 0.6) is 0 Å². The van der Waals surface area contributed by atoms with E-state index in [4.69, 9.17) is 4.74 Å². The molecule has 0 atom stereocenters. The van der Waals surface area contributed by atoms with Crippen molar-refractivity contribution in [1.82, 2.24) is 5.32 Å². The van der Waals surface area contributed by atoms with E-state index in [2.05, 4.69) is 29.7 Å². The summed E-state index contributed by atoms with van der Waals surface area (Å²) in [5.74, 6) is 0.0527. The van der Waals surface area contributed by atoms with Gasteiger partial charge in [0.25, 0.3) is 0 Å². The van der Waals surface area contributed by atoms with Crippen LogP contribution in [0.25, 0.3) is 0 Å². The predicted molar refractivity (Wildman–Crippen MR) is 85.5 cm³/mol. The molecule has 0 saturated carbocycles. The lowest BCUT2D eigenvalue weighted by atomic mass is 10.1. The van der Waals surface area contributed by atoms with Gasteiger partial charge >= 0.3 is 0 Å². The fraction of sp³-hybridized carbons (Fsp3) is 0.588. The molecule has 1 aromatic carbocycles. The summed E-state index contributed by atoms with van der Waals surface area (Å²) in [5.41, 5.74) is 2.35.